The minimum atomic E-state index is 0.356. The van der Waals surface area contributed by atoms with Gasteiger partial charge in [-0.3, -0.25) is 0 Å². The average Bonchev–Trinajstić information content (AvgIpc) is 2.36. The molecule has 0 spiro atoms. The molecule has 0 N–H and O–H groups in total. The van der Waals surface area contributed by atoms with Crippen molar-refractivity contribution >= 4 is 62.3 Å². The summed E-state index contributed by atoms with van der Waals surface area (Å²) in [7, 11) is 0. The Balaban J connectivity index is 2.61. The van der Waals surface area contributed by atoms with E-state index in [9.17, 15) is 0 Å². The van der Waals surface area contributed by atoms with Crippen LogP contribution in [0.5, 0.6) is 0 Å². The summed E-state index contributed by atoms with van der Waals surface area (Å²) in [5.74, 6) is 0. The molecule has 18 heavy (non-hydrogen) atoms. The van der Waals surface area contributed by atoms with E-state index in [4.69, 9.17) is 46.4 Å². The maximum absolute atomic E-state index is 6.20. The average molecular weight is 385 g/mol. The molecule has 0 atom stereocenters. The molecule has 2 aromatic carbocycles. The predicted octanol–water partition coefficient (Wildman–Crippen LogP) is 6.86. The van der Waals surface area contributed by atoms with Gasteiger partial charge in [0.15, 0.2) is 0 Å². The van der Waals surface area contributed by atoms with E-state index in [-0.39, 0.29) is 0 Å². The molecule has 0 saturated carbocycles. The zero-order valence-electron chi connectivity index (χ0n) is 8.98. The number of rotatable bonds is 2. The van der Waals surface area contributed by atoms with Crippen molar-refractivity contribution < 1.29 is 0 Å². The highest BCUT2D eigenvalue weighted by molar-refractivity contribution is 9.08. The van der Waals surface area contributed by atoms with Crippen LogP contribution in [-0.4, -0.2) is 0 Å². The summed E-state index contributed by atoms with van der Waals surface area (Å²) in [5.41, 5.74) is 2.85. The van der Waals surface area contributed by atoms with E-state index in [0.717, 1.165) is 22.0 Å². The van der Waals surface area contributed by atoms with Crippen LogP contribution in [0.4, 0.5) is 0 Å². The Morgan fingerprint density at radius 1 is 0.833 bits per heavy atom. The molecule has 0 radical (unpaired) electrons. The number of alkyl halides is 1. The highest BCUT2D eigenvalue weighted by Crippen LogP contribution is 2.37. The van der Waals surface area contributed by atoms with Crippen molar-refractivity contribution in [1.29, 1.82) is 0 Å². The Morgan fingerprint density at radius 3 is 2.00 bits per heavy atom. The zero-order chi connectivity index (χ0) is 13.3. The van der Waals surface area contributed by atoms with Crippen LogP contribution in [0.25, 0.3) is 11.1 Å². The van der Waals surface area contributed by atoms with Gasteiger partial charge in [0.1, 0.15) is 0 Å². The summed E-state index contributed by atoms with van der Waals surface area (Å²) in [5, 5.41) is 2.59. The van der Waals surface area contributed by atoms with Crippen molar-refractivity contribution in [2.75, 3.05) is 0 Å². The topological polar surface area (TPSA) is 0 Å². The molecule has 0 heterocycles. The van der Waals surface area contributed by atoms with Gasteiger partial charge >= 0.3 is 0 Å². The molecule has 0 unspecified atom stereocenters. The molecule has 2 aromatic rings. The fourth-order valence-electron chi connectivity index (χ4n) is 1.59. The fourth-order valence-corrected chi connectivity index (χ4v) is 2.76. The molecule has 0 aliphatic heterocycles. The summed E-state index contributed by atoms with van der Waals surface area (Å²) < 4.78 is 0. The van der Waals surface area contributed by atoms with Gasteiger partial charge in [-0.25, -0.2) is 0 Å². The highest BCUT2D eigenvalue weighted by Gasteiger charge is 2.10. The monoisotopic (exact) mass is 382 g/mol. The van der Waals surface area contributed by atoms with E-state index in [1.54, 1.807) is 12.1 Å². The maximum atomic E-state index is 6.20. The van der Waals surface area contributed by atoms with Gasteiger partial charge in [0.25, 0.3) is 0 Å². The van der Waals surface area contributed by atoms with Crippen LogP contribution in [0.1, 0.15) is 5.56 Å². The lowest BCUT2D eigenvalue weighted by molar-refractivity contribution is 1.43. The molecule has 0 bridgehead atoms. The highest BCUT2D eigenvalue weighted by atomic mass is 79.9. The molecule has 94 valence electrons. The van der Waals surface area contributed by atoms with E-state index in [1.807, 2.05) is 18.2 Å². The van der Waals surface area contributed by atoms with E-state index in [2.05, 4.69) is 15.9 Å². The van der Waals surface area contributed by atoms with E-state index >= 15 is 0 Å². The smallest absolute Gasteiger partial charge is 0.0778 e. The second-order valence-electron chi connectivity index (χ2n) is 3.70. The van der Waals surface area contributed by atoms with Crippen molar-refractivity contribution in [1.82, 2.24) is 0 Å². The van der Waals surface area contributed by atoms with Crippen molar-refractivity contribution in [2.45, 2.75) is 5.33 Å². The molecule has 0 saturated heterocycles. The number of hydrogen-bond acceptors (Lipinski definition) is 0. The summed E-state index contributed by atoms with van der Waals surface area (Å²) in [6.45, 7) is 0. The second kappa shape index (κ2) is 6.02. The van der Waals surface area contributed by atoms with Crippen LogP contribution in [0, 0.1) is 0 Å². The standard InChI is InChI=1S/C13H7BrCl4/c14-6-7-1-2-10(15)9(3-7)8-4-11(16)13(18)12(17)5-8/h1-5H,6H2. The largest absolute Gasteiger partial charge is 0.0876 e. The Labute approximate surface area is 134 Å². The molecule has 0 aliphatic rings. The Bertz CT molecular complexity index is 573. The van der Waals surface area contributed by atoms with Gasteiger partial charge in [-0.05, 0) is 35.4 Å². The first kappa shape index (κ1) is 14.5. The van der Waals surface area contributed by atoms with Gasteiger partial charge in [-0.15, -0.1) is 0 Å². The summed E-state index contributed by atoms with van der Waals surface area (Å²) in [6.07, 6.45) is 0. The quantitative estimate of drug-likeness (QED) is 0.391. The van der Waals surface area contributed by atoms with Crippen LogP contribution >= 0.6 is 62.3 Å². The summed E-state index contributed by atoms with van der Waals surface area (Å²) >= 11 is 27.6. The number of hydrogen-bond donors (Lipinski definition) is 0. The zero-order valence-corrected chi connectivity index (χ0v) is 13.6. The second-order valence-corrected chi connectivity index (χ2v) is 5.86. The third-order valence-electron chi connectivity index (χ3n) is 2.48. The fraction of sp³-hybridized carbons (Fsp3) is 0.0769. The van der Waals surface area contributed by atoms with Gasteiger partial charge in [0, 0.05) is 15.9 Å². The number of halogens is 5. The summed E-state index contributed by atoms with van der Waals surface area (Å²) in [4.78, 5) is 0. The van der Waals surface area contributed by atoms with E-state index in [1.165, 1.54) is 0 Å². The first-order chi connectivity index (χ1) is 8.52. The van der Waals surface area contributed by atoms with Crippen LogP contribution in [0.2, 0.25) is 20.1 Å². The van der Waals surface area contributed by atoms with Crippen molar-refractivity contribution in [2.24, 2.45) is 0 Å². The Kier molecular flexibility index (Phi) is 4.85. The summed E-state index contributed by atoms with van der Waals surface area (Å²) in [6, 6.07) is 9.32. The molecule has 0 aliphatic carbocycles. The Morgan fingerprint density at radius 2 is 1.44 bits per heavy atom. The third kappa shape index (κ3) is 2.97. The molecule has 0 amide bonds. The minimum absolute atomic E-state index is 0.356. The number of benzene rings is 2. The molecule has 0 aromatic heterocycles. The maximum Gasteiger partial charge on any atom is 0.0778 e. The van der Waals surface area contributed by atoms with Crippen LogP contribution in [0.15, 0.2) is 30.3 Å². The minimum Gasteiger partial charge on any atom is -0.0876 e. The van der Waals surface area contributed by atoms with Gasteiger partial charge in [0.05, 0.1) is 15.1 Å². The van der Waals surface area contributed by atoms with Crippen LogP contribution in [0.3, 0.4) is 0 Å². The molecular formula is C13H7BrCl4. The van der Waals surface area contributed by atoms with E-state index in [0.29, 0.717) is 20.1 Å². The third-order valence-corrected chi connectivity index (χ3v) is 4.65. The van der Waals surface area contributed by atoms with Crippen LogP contribution < -0.4 is 0 Å². The molecule has 2 rings (SSSR count). The molecule has 0 nitrogen and oxygen atoms in total. The van der Waals surface area contributed by atoms with Crippen molar-refractivity contribution in [3.8, 4) is 11.1 Å². The predicted molar refractivity (Wildman–Crippen MR) is 84.5 cm³/mol. The molecule has 0 fully saturated rings. The lowest BCUT2D eigenvalue weighted by Crippen LogP contribution is -1.85. The first-order valence-corrected chi connectivity index (χ1v) is 7.65. The molecule has 5 heteroatoms. The van der Waals surface area contributed by atoms with Gasteiger partial charge in [-0.1, -0.05) is 68.4 Å². The SMILES string of the molecule is Clc1ccc(CBr)cc1-c1cc(Cl)c(Cl)c(Cl)c1. The van der Waals surface area contributed by atoms with Gasteiger partial charge in [0.2, 0.25) is 0 Å². The van der Waals surface area contributed by atoms with E-state index < -0.39 is 0 Å². The van der Waals surface area contributed by atoms with Gasteiger partial charge < -0.3 is 0 Å². The van der Waals surface area contributed by atoms with Crippen molar-refractivity contribution in [3.63, 3.8) is 0 Å². The Hall–Kier alpha value is 0.0800. The molecular weight excluding hydrogens is 378 g/mol. The lowest BCUT2D eigenvalue weighted by atomic mass is 10.0. The normalized spacial score (nSPS) is 10.7. The van der Waals surface area contributed by atoms with Gasteiger partial charge in [-0.2, -0.15) is 0 Å². The first-order valence-electron chi connectivity index (χ1n) is 5.02. The lowest BCUT2D eigenvalue weighted by Gasteiger charge is -2.09. The van der Waals surface area contributed by atoms with Crippen LogP contribution in [-0.2, 0) is 5.33 Å². The van der Waals surface area contributed by atoms with Crippen molar-refractivity contribution in [3.05, 3.63) is 56.0 Å².